The van der Waals surface area contributed by atoms with Crippen LogP contribution in [0.3, 0.4) is 0 Å². The first-order valence-corrected chi connectivity index (χ1v) is 7.34. The molecular formula is C14H29N3O. The molecule has 0 saturated carbocycles. The van der Waals surface area contributed by atoms with Crippen molar-refractivity contribution in [3.05, 3.63) is 0 Å². The van der Waals surface area contributed by atoms with E-state index >= 15 is 0 Å². The summed E-state index contributed by atoms with van der Waals surface area (Å²) in [5.74, 6) is 1.49. The van der Waals surface area contributed by atoms with E-state index in [0.717, 1.165) is 38.7 Å². The summed E-state index contributed by atoms with van der Waals surface area (Å²) in [6, 6.07) is 0.539. The molecular weight excluding hydrogens is 226 g/mol. The molecule has 0 aromatic rings. The molecule has 4 nitrogen and oxygen atoms in total. The third kappa shape index (κ3) is 3.44. The number of rotatable bonds is 3. The molecule has 2 aliphatic rings. The van der Waals surface area contributed by atoms with Gasteiger partial charge in [0.05, 0.1) is 12.7 Å². The number of morpholine rings is 1. The maximum Gasteiger partial charge on any atom is 0.0829 e. The first-order valence-electron chi connectivity index (χ1n) is 7.34. The normalized spacial score (nSPS) is 40.0. The number of hydrogen-bond acceptors (Lipinski definition) is 4. The molecule has 2 rings (SSSR count). The van der Waals surface area contributed by atoms with E-state index in [1.165, 1.54) is 13.0 Å². The zero-order valence-electron chi connectivity index (χ0n) is 12.1. The van der Waals surface area contributed by atoms with E-state index in [9.17, 15) is 0 Å². The summed E-state index contributed by atoms with van der Waals surface area (Å²) in [5, 5.41) is 0. The Balaban J connectivity index is 1.92. The highest BCUT2D eigenvalue weighted by Gasteiger charge is 2.33. The van der Waals surface area contributed by atoms with Crippen LogP contribution in [-0.2, 0) is 4.74 Å². The van der Waals surface area contributed by atoms with Gasteiger partial charge in [-0.25, -0.2) is 0 Å². The van der Waals surface area contributed by atoms with Crippen molar-refractivity contribution in [1.29, 1.82) is 0 Å². The second-order valence-electron chi connectivity index (χ2n) is 6.33. The van der Waals surface area contributed by atoms with Gasteiger partial charge in [0.1, 0.15) is 0 Å². The number of likely N-dealkylation sites (N-methyl/N-ethyl adjacent to an activating group) is 1. The molecule has 2 N–H and O–H groups in total. The number of piperidine rings is 1. The van der Waals surface area contributed by atoms with E-state index in [2.05, 4.69) is 30.7 Å². The number of nitrogens with zero attached hydrogens (tertiary/aromatic N) is 2. The summed E-state index contributed by atoms with van der Waals surface area (Å²) in [5.41, 5.74) is 5.97. The van der Waals surface area contributed by atoms with Gasteiger partial charge in [-0.15, -0.1) is 0 Å². The van der Waals surface area contributed by atoms with Crippen LogP contribution in [0.1, 0.15) is 20.3 Å². The Hall–Kier alpha value is -0.160. The lowest BCUT2D eigenvalue weighted by Gasteiger charge is -2.44. The summed E-state index contributed by atoms with van der Waals surface area (Å²) in [6.07, 6.45) is 1.67. The number of nitrogens with two attached hydrogens (primary N) is 1. The molecule has 0 aromatic heterocycles. The molecule has 18 heavy (non-hydrogen) atoms. The average molecular weight is 255 g/mol. The van der Waals surface area contributed by atoms with Crippen molar-refractivity contribution in [3.8, 4) is 0 Å². The van der Waals surface area contributed by atoms with Crippen LogP contribution in [0, 0.1) is 11.8 Å². The van der Waals surface area contributed by atoms with Crippen LogP contribution in [0.2, 0.25) is 0 Å². The Morgan fingerprint density at radius 1 is 1.28 bits per heavy atom. The maximum atomic E-state index is 5.97. The van der Waals surface area contributed by atoms with E-state index < -0.39 is 0 Å². The smallest absolute Gasteiger partial charge is 0.0829 e. The van der Waals surface area contributed by atoms with Gasteiger partial charge >= 0.3 is 0 Å². The summed E-state index contributed by atoms with van der Waals surface area (Å²) in [6.45, 7) is 10.7. The quantitative estimate of drug-likeness (QED) is 0.803. The van der Waals surface area contributed by atoms with Crippen molar-refractivity contribution in [2.24, 2.45) is 17.6 Å². The summed E-state index contributed by atoms with van der Waals surface area (Å²) < 4.78 is 5.89. The highest BCUT2D eigenvalue weighted by molar-refractivity contribution is 4.87. The topological polar surface area (TPSA) is 41.7 Å². The highest BCUT2D eigenvalue weighted by Crippen LogP contribution is 2.27. The first-order chi connectivity index (χ1) is 8.60. The second kappa shape index (κ2) is 6.33. The van der Waals surface area contributed by atoms with Crippen LogP contribution in [0.15, 0.2) is 0 Å². The van der Waals surface area contributed by atoms with Crippen molar-refractivity contribution in [3.63, 3.8) is 0 Å². The van der Waals surface area contributed by atoms with Gasteiger partial charge < -0.3 is 15.4 Å². The molecule has 0 bridgehead atoms. The SMILES string of the molecule is CC1CC(C)C(CN)N(CC2CN(C)CCO2)C1. The largest absolute Gasteiger partial charge is 0.374 e. The Kier molecular flexibility index (Phi) is 5.01. The van der Waals surface area contributed by atoms with E-state index in [4.69, 9.17) is 10.5 Å². The Morgan fingerprint density at radius 3 is 2.72 bits per heavy atom. The van der Waals surface area contributed by atoms with E-state index in [1.54, 1.807) is 0 Å². The minimum atomic E-state index is 0.357. The van der Waals surface area contributed by atoms with Gasteiger partial charge in [0, 0.05) is 38.8 Å². The van der Waals surface area contributed by atoms with Crippen LogP contribution in [0.25, 0.3) is 0 Å². The lowest BCUT2D eigenvalue weighted by atomic mass is 9.85. The number of likely N-dealkylation sites (tertiary alicyclic amines) is 1. The van der Waals surface area contributed by atoms with Crippen LogP contribution >= 0.6 is 0 Å². The monoisotopic (exact) mass is 255 g/mol. The fraction of sp³-hybridized carbons (Fsp3) is 1.00. The maximum absolute atomic E-state index is 5.97. The summed E-state index contributed by atoms with van der Waals surface area (Å²) >= 11 is 0. The highest BCUT2D eigenvalue weighted by atomic mass is 16.5. The zero-order valence-corrected chi connectivity index (χ0v) is 12.1. The van der Waals surface area contributed by atoms with Crippen LogP contribution in [-0.4, -0.2) is 68.3 Å². The fourth-order valence-corrected chi connectivity index (χ4v) is 3.59. The Labute approximate surface area is 111 Å². The minimum absolute atomic E-state index is 0.357. The van der Waals surface area contributed by atoms with Gasteiger partial charge in [0.15, 0.2) is 0 Å². The molecule has 0 aliphatic carbocycles. The molecule has 0 aromatic carbocycles. The molecule has 2 heterocycles. The molecule has 0 amide bonds. The van der Waals surface area contributed by atoms with Crippen LogP contribution < -0.4 is 5.73 Å². The summed E-state index contributed by atoms with van der Waals surface area (Å²) in [4.78, 5) is 4.94. The van der Waals surface area contributed by atoms with Crippen molar-refractivity contribution in [2.45, 2.75) is 32.4 Å². The number of ether oxygens (including phenoxy) is 1. The van der Waals surface area contributed by atoms with Gasteiger partial charge in [-0.3, -0.25) is 4.90 Å². The standard InChI is InChI=1S/C14H29N3O/c1-11-6-12(2)14(7-15)17(8-11)10-13-9-16(3)4-5-18-13/h11-14H,4-10,15H2,1-3H3. The van der Waals surface area contributed by atoms with Crippen LogP contribution in [0.4, 0.5) is 0 Å². The average Bonchev–Trinajstić information content (AvgIpc) is 2.28. The van der Waals surface area contributed by atoms with Gasteiger partial charge in [0.2, 0.25) is 0 Å². The van der Waals surface area contributed by atoms with Crippen LogP contribution in [0.5, 0.6) is 0 Å². The van der Waals surface area contributed by atoms with Crippen molar-refractivity contribution in [2.75, 3.05) is 46.4 Å². The zero-order chi connectivity index (χ0) is 13.1. The summed E-state index contributed by atoms with van der Waals surface area (Å²) in [7, 11) is 2.18. The minimum Gasteiger partial charge on any atom is -0.374 e. The van der Waals surface area contributed by atoms with E-state index in [-0.39, 0.29) is 0 Å². The number of hydrogen-bond donors (Lipinski definition) is 1. The third-order valence-corrected chi connectivity index (χ3v) is 4.47. The molecule has 2 aliphatic heterocycles. The molecule has 4 heteroatoms. The Morgan fingerprint density at radius 2 is 2.06 bits per heavy atom. The molecule has 4 atom stereocenters. The van der Waals surface area contributed by atoms with E-state index in [1.807, 2.05) is 0 Å². The van der Waals surface area contributed by atoms with Gasteiger partial charge in [-0.2, -0.15) is 0 Å². The molecule has 4 unspecified atom stereocenters. The molecule has 2 fully saturated rings. The second-order valence-corrected chi connectivity index (χ2v) is 6.33. The molecule has 0 spiro atoms. The fourth-order valence-electron chi connectivity index (χ4n) is 3.59. The van der Waals surface area contributed by atoms with E-state index in [0.29, 0.717) is 18.1 Å². The predicted octanol–water partition coefficient (Wildman–Crippen LogP) is 0.622. The lowest BCUT2D eigenvalue weighted by molar-refractivity contribution is -0.0539. The van der Waals surface area contributed by atoms with Crippen molar-refractivity contribution in [1.82, 2.24) is 9.80 Å². The molecule has 106 valence electrons. The lowest BCUT2D eigenvalue weighted by Crippen LogP contribution is -2.55. The third-order valence-electron chi connectivity index (χ3n) is 4.47. The predicted molar refractivity (Wildman–Crippen MR) is 74.6 cm³/mol. The van der Waals surface area contributed by atoms with Gasteiger partial charge in [-0.05, 0) is 25.3 Å². The van der Waals surface area contributed by atoms with Crippen molar-refractivity contribution < 1.29 is 4.74 Å². The Bertz CT molecular complexity index is 261. The van der Waals surface area contributed by atoms with Gasteiger partial charge in [0.25, 0.3) is 0 Å². The molecule has 0 radical (unpaired) electrons. The van der Waals surface area contributed by atoms with Gasteiger partial charge in [-0.1, -0.05) is 13.8 Å². The first kappa shape index (κ1) is 14.3. The van der Waals surface area contributed by atoms with Crippen molar-refractivity contribution >= 4 is 0 Å². The molecule has 2 saturated heterocycles.